The molecule has 0 spiro atoms. The van der Waals surface area contributed by atoms with E-state index < -0.39 is 11.6 Å². The van der Waals surface area contributed by atoms with E-state index in [1.165, 1.54) is 16.8 Å². The summed E-state index contributed by atoms with van der Waals surface area (Å²) in [4.78, 5) is 4.01. The molecule has 15 heavy (non-hydrogen) atoms. The Morgan fingerprint density at radius 2 is 2.27 bits per heavy atom. The van der Waals surface area contributed by atoms with E-state index in [-0.39, 0.29) is 11.6 Å². The van der Waals surface area contributed by atoms with Crippen LogP contribution in [0.5, 0.6) is 0 Å². The second-order valence-electron chi connectivity index (χ2n) is 3.59. The minimum atomic E-state index is -0.874. The van der Waals surface area contributed by atoms with Gasteiger partial charge in [0.15, 0.2) is 11.6 Å². The Morgan fingerprint density at radius 3 is 2.93 bits per heavy atom. The smallest absolute Gasteiger partial charge is 0.184 e. The largest absolute Gasteiger partial charge is 0.328 e. The molecule has 2 aromatic rings. The van der Waals surface area contributed by atoms with Crippen molar-refractivity contribution in [1.29, 1.82) is 0 Å². The third-order valence-corrected chi connectivity index (χ3v) is 2.18. The molecule has 0 aromatic carbocycles. The molecule has 0 saturated carbocycles. The number of aromatic nitrogens is 2. The third-order valence-electron chi connectivity index (χ3n) is 2.18. The molecule has 0 saturated heterocycles. The molecule has 0 aliphatic heterocycles. The van der Waals surface area contributed by atoms with Crippen molar-refractivity contribution in [3.8, 4) is 0 Å². The van der Waals surface area contributed by atoms with Gasteiger partial charge in [0, 0.05) is 18.7 Å². The average molecular weight is 211 g/mol. The van der Waals surface area contributed by atoms with Gasteiger partial charge in [-0.2, -0.15) is 0 Å². The highest BCUT2D eigenvalue weighted by Gasteiger charge is 2.12. The van der Waals surface area contributed by atoms with Gasteiger partial charge in [-0.25, -0.2) is 13.8 Å². The summed E-state index contributed by atoms with van der Waals surface area (Å²) in [6.07, 6.45) is 3.30. The van der Waals surface area contributed by atoms with Crippen LogP contribution in [0, 0.1) is 11.6 Å². The summed E-state index contributed by atoms with van der Waals surface area (Å²) in [5, 5.41) is 0. The molecule has 0 amide bonds. The van der Waals surface area contributed by atoms with Crippen molar-refractivity contribution >= 4 is 5.52 Å². The molecule has 1 unspecified atom stereocenters. The van der Waals surface area contributed by atoms with Crippen LogP contribution in [0.15, 0.2) is 18.5 Å². The standard InChI is InChI=1S/C10H11F2N3/c1-6(13)4-9-14-5-8-10(12)7(11)2-3-15(8)9/h2-3,5-6H,4,13H2,1H3. The van der Waals surface area contributed by atoms with Crippen LogP contribution in [0.3, 0.4) is 0 Å². The van der Waals surface area contributed by atoms with Gasteiger partial charge in [0.1, 0.15) is 11.3 Å². The molecule has 1 atom stereocenters. The molecular formula is C10H11F2N3. The highest BCUT2D eigenvalue weighted by molar-refractivity contribution is 5.47. The number of hydrogen-bond acceptors (Lipinski definition) is 2. The van der Waals surface area contributed by atoms with Gasteiger partial charge < -0.3 is 10.1 Å². The first-order chi connectivity index (χ1) is 7.09. The molecule has 2 heterocycles. The number of rotatable bonds is 2. The lowest BCUT2D eigenvalue weighted by Crippen LogP contribution is -2.19. The third kappa shape index (κ3) is 1.70. The lowest BCUT2D eigenvalue weighted by Gasteiger charge is -2.04. The molecular weight excluding hydrogens is 200 g/mol. The van der Waals surface area contributed by atoms with E-state index in [1.807, 2.05) is 6.92 Å². The monoisotopic (exact) mass is 211 g/mol. The van der Waals surface area contributed by atoms with Gasteiger partial charge in [-0.05, 0) is 13.0 Å². The van der Waals surface area contributed by atoms with Gasteiger partial charge in [-0.1, -0.05) is 0 Å². The molecule has 0 radical (unpaired) electrons. The summed E-state index contributed by atoms with van der Waals surface area (Å²) in [7, 11) is 0. The van der Waals surface area contributed by atoms with Gasteiger partial charge in [0.2, 0.25) is 0 Å². The molecule has 2 rings (SSSR count). The minimum absolute atomic E-state index is 0.0660. The normalized spacial score (nSPS) is 13.3. The molecule has 2 N–H and O–H groups in total. The molecule has 0 aliphatic rings. The molecule has 0 fully saturated rings. The quantitative estimate of drug-likeness (QED) is 0.818. The molecule has 80 valence electrons. The number of fused-ring (bicyclic) bond motifs is 1. The second-order valence-corrected chi connectivity index (χ2v) is 3.59. The highest BCUT2D eigenvalue weighted by atomic mass is 19.2. The summed E-state index contributed by atoms with van der Waals surface area (Å²) < 4.78 is 27.7. The van der Waals surface area contributed by atoms with Crippen LogP contribution in [0.25, 0.3) is 5.52 Å². The number of nitrogens with two attached hydrogens (primary N) is 1. The summed E-state index contributed by atoms with van der Waals surface area (Å²) >= 11 is 0. The van der Waals surface area contributed by atoms with E-state index in [0.29, 0.717) is 12.2 Å². The zero-order chi connectivity index (χ0) is 11.0. The van der Waals surface area contributed by atoms with Crippen LogP contribution < -0.4 is 5.73 Å². The van der Waals surface area contributed by atoms with Crippen molar-refractivity contribution in [2.24, 2.45) is 5.73 Å². The lowest BCUT2D eigenvalue weighted by atomic mass is 10.2. The summed E-state index contributed by atoms with van der Waals surface area (Å²) in [6, 6.07) is 1.01. The topological polar surface area (TPSA) is 43.3 Å². The maximum absolute atomic E-state index is 13.3. The summed E-state index contributed by atoms with van der Waals surface area (Å²) in [6.45, 7) is 1.83. The second kappa shape index (κ2) is 3.58. The Labute approximate surface area is 85.5 Å². The Hall–Kier alpha value is -1.49. The lowest BCUT2D eigenvalue weighted by molar-refractivity contribution is 0.511. The number of hydrogen-bond donors (Lipinski definition) is 1. The van der Waals surface area contributed by atoms with Gasteiger partial charge in [-0.15, -0.1) is 0 Å². The van der Waals surface area contributed by atoms with Crippen LogP contribution in [-0.4, -0.2) is 15.4 Å². The molecule has 0 aliphatic carbocycles. The average Bonchev–Trinajstić information content (AvgIpc) is 2.55. The fourth-order valence-electron chi connectivity index (χ4n) is 1.50. The van der Waals surface area contributed by atoms with Crippen LogP contribution in [0.1, 0.15) is 12.7 Å². The highest BCUT2D eigenvalue weighted by Crippen LogP contribution is 2.15. The molecule has 0 bridgehead atoms. The van der Waals surface area contributed by atoms with Gasteiger partial charge in [0.25, 0.3) is 0 Å². The van der Waals surface area contributed by atoms with Gasteiger partial charge >= 0.3 is 0 Å². The van der Waals surface area contributed by atoms with Crippen molar-refractivity contribution in [2.45, 2.75) is 19.4 Å². The van der Waals surface area contributed by atoms with Crippen molar-refractivity contribution in [2.75, 3.05) is 0 Å². The van der Waals surface area contributed by atoms with Gasteiger partial charge in [-0.3, -0.25) is 0 Å². The minimum Gasteiger partial charge on any atom is -0.328 e. The fourth-order valence-corrected chi connectivity index (χ4v) is 1.50. The fraction of sp³-hybridized carbons (Fsp3) is 0.300. The van der Waals surface area contributed by atoms with Gasteiger partial charge in [0.05, 0.1) is 6.20 Å². The predicted octanol–water partition coefficient (Wildman–Crippen LogP) is 1.50. The predicted molar refractivity (Wildman–Crippen MR) is 52.5 cm³/mol. The van der Waals surface area contributed by atoms with Crippen LogP contribution in [0.4, 0.5) is 8.78 Å². The number of pyridine rings is 1. The SMILES string of the molecule is CC(N)Cc1ncc2c(F)c(F)ccn12. The number of nitrogens with zero attached hydrogens (tertiary/aromatic N) is 2. The maximum Gasteiger partial charge on any atom is 0.184 e. The van der Waals surface area contributed by atoms with E-state index in [4.69, 9.17) is 5.73 Å². The van der Waals surface area contributed by atoms with Crippen molar-refractivity contribution < 1.29 is 8.78 Å². The Balaban J connectivity index is 2.57. The Morgan fingerprint density at radius 1 is 1.53 bits per heavy atom. The maximum atomic E-state index is 13.3. The van der Waals surface area contributed by atoms with E-state index in [1.54, 1.807) is 0 Å². The van der Waals surface area contributed by atoms with E-state index in [0.717, 1.165) is 6.07 Å². The zero-order valence-corrected chi connectivity index (χ0v) is 8.24. The van der Waals surface area contributed by atoms with Crippen LogP contribution in [0.2, 0.25) is 0 Å². The Kier molecular flexibility index (Phi) is 2.40. The summed E-state index contributed by atoms with van der Waals surface area (Å²) in [5.41, 5.74) is 5.77. The van der Waals surface area contributed by atoms with Crippen LogP contribution in [-0.2, 0) is 6.42 Å². The van der Waals surface area contributed by atoms with Crippen LogP contribution >= 0.6 is 0 Å². The first kappa shape index (κ1) is 10.0. The van der Waals surface area contributed by atoms with E-state index in [2.05, 4.69) is 4.98 Å². The molecule has 2 aromatic heterocycles. The number of imidazole rings is 1. The first-order valence-corrected chi connectivity index (χ1v) is 4.65. The first-order valence-electron chi connectivity index (χ1n) is 4.65. The number of halogens is 2. The Bertz CT molecular complexity index is 491. The van der Waals surface area contributed by atoms with Crippen molar-refractivity contribution in [1.82, 2.24) is 9.38 Å². The zero-order valence-electron chi connectivity index (χ0n) is 8.24. The van der Waals surface area contributed by atoms with Crippen molar-refractivity contribution in [3.05, 3.63) is 35.9 Å². The van der Waals surface area contributed by atoms with E-state index in [9.17, 15) is 8.78 Å². The van der Waals surface area contributed by atoms with Crippen molar-refractivity contribution in [3.63, 3.8) is 0 Å². The molecule has 3 nitrogen and oxygen atoms in total. The summed E-state index contributed by atoms with van der Waals surface area (Å²) in [5.74, 6) is -1.10. The van der Waals surface area contributed by atoms with E-state index >= 15 is 0 Å². The molecule has 5 heteroatoms.